The number of nitrogens with two attached hydrogens (primary N) is 1. The molecule has 0 aliphatic rings. The Balaban J connectivity index is 1.62. The fourth-order valence-electron chi connectivity index (χ4n) is 3.65. The number of hydrogen-bond acceptors (Lipinski definition) is 6. The van der Waals surface area contributed by atoms with Gasteiger partial charge in [-0.05, 0) is 68.2 Å². The molecule has 1 amide bonds. The Kier molecular flexibility index (Phi) is 12.5. The van der Waals surface area contributed by atoms with Crippen molar-refractivity contribution in [1.29, 1.82) is 5.26 Å². The highest BCUT2D eigenvalue weighted by atomic mass is 16.5. The number of carbonyl (C=O) groups excluding carboxylic acids is 1. The quantitative estimate of drug-likeness (QED) is 0.133. The van der Waals surface area contributed by atoms with Crippen molar-refractivity contribution in [3.05, 3.63) is 59.7 Å². The van der Waals surface area contributed by atoms with E-state index in [1.165, 1.54) is 17.5 Å². The molecule has 9 nitrogen and oxygen atoms in total. The third kappa shape index (κ3) is 9.86. The summed E-state index contributed by atoms with van der Waals surface area (Å²) in [6, 6.07) is 13.3. The van der Waals surface area contributed by atoms with E-state index in [1.54, 1.807) is 26.4 Å². The first-order chi connectivity index (χ1) is 17.9. The number of nitrogens with zero attached hydrogens (tertiary/aromatic N) is 4. The van der Waals surface area contributed by atoms with Crippen molar-refractivity contribution in [2.24, 2.45) is 10.7 Å². The van der Waals surface area contributed by atoms with E-state index in [4.69, 9.17) is 15.2 Å². The second kappa shape index (κ2) is 15.9. The zero-order valence-electron chi connectivity index (χ0n) is 22.2. The summed E-state index contributed by atoms with van der Waals surface area (Å²) in [6.07, 6.45) is 8.89. The maximum Gasteiger partial charge on any atom is 0.223 e. The maximum absolute atomic E-state index is 12.1. The average molecular weight is 507 g/mol. The highest BCUT2D eigenvalue weighted by Crippen LogP contribution is 2.27. The third-order valence-electron chi connectivity index (χ3n) is 5.84. The van der Waals surface area contributed by atoms with E-state index in [0.717, 1.165) is 49.4 Å². The molecule has 9 heteroatoms. The van der Waals surface area contributed by atoms with Crippen molar-refractivity contribution in [2.45, 2.75) is 25.7 Å². The van der Waals surface area contributed by atoms with E-state index in [-0.39, 0.29) is 11.9 Å². The van der Waals surface area contributed by atoms with Crippen molar-refractivity contribution in [3.63, 3.8) is 0 Å². The van der Waals surface area contributed by atoms with Gasteiger partial charge < -0.3 is 25.4 Å². The monoisotopic (exact) mass is 506 g/mol. The van der Waals surface area contributed by atoms with Gasteiger partial charge in [0.1, 0.15) is 0 Å². The van der Waals surface area contributed by atoms with Gasteiger partial charge in [-0.3, -0.25) is 9.79 Å². The number of hydrogen-bond donors (Lipinski definition) is 2. The molecule has 0 atom stereocenters. The van der Waals surface area contributed by atoms with Crippen LogP contribution in [0, 0.1) is 11.5 Å². The van der Waals surface area contributed by atoms with Crippen molar-refractivity contribution >= 4 is 23.6 Å². The highest BCUT2D eigenvalue weighted by Gasteiger charge is 2.09. The zero-order valence-corrected chi connectivity index (χ0v) is 22.2. The minimum Gasteiger partial charge on any atom is -0.493 e. The van der Waals surface area contributed by atoms with Gasteiger partial charge in [-0.2, -0.15) is 5.26 Å². The van der Waals surface area contributed by atoms with Crippen LogP contribution in [0.5, 0.6) is 11.5 Å². The summed E-state index contributed by atoms with van der Waals surface area (Å²) in [7, 11) is 6.93. The Hall–Kier alpha value is -4.03. The fourth-order valence-corrected chi connectivity index (χ4v) is 3.65. The summed E-state index contributed by atoms with van der Waals surface area (Å²) in [4.78, 5) is 19.5. The van der Waals surface area contributed by atoms with Gasteiger partial charge in [-0.25, -0.2) is 4.90 Å². The highest BCUT2D eigenvalue weighted by molar-refractivity contribution is 5.97. The molecule has 0 aliphatic carbocycles. The maximum atomic E-state index is 12.1. The SMILES string of the molecule is CN=C(N)N(C#N)c1ccc(/C=C/CC(=O)NCCCCN(C)CCc2ccc(OC)c(OC)c2)cc1. The number of benzene rings is 2. The van der Waals surface area contributed by atoms with Crippen LogP contribution in [0.1, 0.15) is 30.4 Å². The zero-order chi connectivity index (χ0) is 27.0. The summed E-state index contributed by atoms with van der Waals surface area (Å²) < 4.78 is 10.7. The van der Waals surface area contributed by atoms with Crippen LogP contribution in [0.2, 0.25) is 0 Å². The Bertz CT molecular complexity index is 1090. The molecular weight excluding hydrogens is 468 g/mol. The Morgan fingerprint density at radius 2 is 1.84 bits per heavy atom. The molecule has 3 N–H and O–H groups in total. The molecule has 0 saturated heterocycles. The molecule has 0 aromatic heterocycles. The van der Waals surface area contributed by atoms with E-state index in [0.29, 0.717) is 18.7 Å². The molecule has 2 rings (SSSR count). The number of amides is 1. The van der Waals surface area contributed by atoms with Crippen molar-refractivity contribution in [1.82, 2.24) is 10.2 Å². The number of nitriles is 1. The minimum atomic E-state index is -0.00253. The lowest BCUT2D eigenvalue weighted by Gasteiger charge is -2.17. The van der Waals surface area contributed by atoms with Gasteiger partial charge in [0.25, 0.3) is 0 Å². The normalized spacial score (nSPS) is 11.4. The van der Waals surface area contributed by atoms with E-state index in [1.807, 2.05) is 42.6 Å². The smallest absolute Gasteiger partial charge is 0.223 e. The number of methoxy groups -OCH3 is 2. The van der Waals surface area contributed by atoms with Gasteiger partial charge in [0, 0.05) is 26.6 Å². The lowest BCUT2D eigenvalue weighted by molar-refractivity contribution is -0.120. The summed E-state index contributed by atoms with van der Waals surface area (Å²) in [6.45, 7) is 2.58. The molecule has 0 bridgehead atoms. The van der Waals surface area contributed by atoms with Gasteiger partial charge in [0.15, 0.2) is 17.7 Å². The predicted octanol–water partition coefficient (Wildman–Crippen LogP) is 3.41. The van der Waals surface area contributed by atoms with Crippen LogP contribution < -0.4 is 25.4 Å². The largest absolute Gasteiger partial charge is 0.493 e. The third-order valence-corrected chi connectivity index (χ3v) is 5.84. The van der Waals surface area contributed by atoms with Crippen LogP contribution in [-0.2, 0) is 11.2 Å². The van der Waals surface area contributed by atoms with Gasteiger partial charge in [-0.1, -0.05) is 30.4 Å². The first-order valence-corrected chi connectivity index (χ1v) is 12.3. The predicted molar refractivity (Wildman–Crippen MR) is 149 cm³/mol. The Morgan fingerprint density at radius 3 is 2.49 bits per heavy atom. The van der Waals surface area contributed by atoms with E-state index < -0.39 is 0 Å². The number of ether oxygens (including phenoxy) is 2. The van der Waals surface area contributed by atoms with Crippen LogP contribution in [0.4, 0.5) is 5.69 Å². The Morgan fingerprint density at radius 1 is 1.11 bits per heavy atom. The van der Waals surface area contributed by atoms with Crippen molar-refractivity contribution < 1.29 is 14.3 Å². The second-order valence-corrected chi connectivity index (χ2v) is 8.51. The number of carbonyl (C=O) groups is 1. The molecule has 0 fully saturated rings. The Labute approximate surface area is 220 Å². The summed E-state index contributed by atoms with van der Waals surface area (Å²) in [5.74, 6) is 1.62. The molecule has 0 aliphatic heterocycles. The molecule has 0 radical (unpaired) electrons. The lowest BCUT2D eigenvalue weighted by Crippen LogP contribution is -2.33. The number of anilines is 1. The van der Waals surface area contributed by atoms with Crippen molar-refractivity contribution in [2.75, 3.05) is 52.8 Å². The summed E-state index contributed by atoms with van der Waals surface area (Å²) >= 11 is 0. The summed E-state index contributed by atoms with van der Waals surface area (Å²) in [5.41, 5.74) is 8.49. The lowest BCUT2D eigenvalue weighted by atomic mass is 10.1. The molecule has 2 aromatic rings. The average Bonchev–Trinajstić information content (AvgIpc) is 2.92. The molecule has 0 saturated carbocycles. The van der Waals surface area contributed by atoms with E-state index in [2.05, 4.69) is 28.3 Å². The second-order valence-electron chi connectivity index (χ2n) is 8.51. The van der Waals surface area contributed by atoms with Gasteiger partial charge in [-0.15, -0.1) is 0 Å². The number of aliphatic imine (C=N–C) groups is 1. The topological polar surface area (TPSA) is 116 Å². The fraction of sp³-hybridized carbons (Fsp3) is 0.393. The molecule has 0 unspecified atom stereocenters. The number of unbranched alkanes of at least 4 members (excludes halogenated alkanes) is 1. The number of guanidine groups is 1. The van der Waals surface area contributed by atoms with E-state index >= 15 is 0 Å². The van der Waals surface area contributed by atoms with Gasteiger partial charge in [0.2, 0.25) is 11.9 Å². The number of nitrogens with one attached hydrogen (secondary N) is 1. The van der Waals surface area contributed by atoms with Crippen LogP contribution in [0.15, 0.2) is 53.5 Å². The standard InChI is InChI=1S/C28H38N6O3/c1-31-28(30)34(21-29)24-13-10-22(11-14-24)8-7-9-27(35)32-17-5-6-18-33(2)19-16-23-12-15-25(36-3)26(20-23)37-4/h7-8,10-15,20H,5-6,9,16-19H2,1-4H3,(H2,30,31)(H,32,35)/b8-7+. The van der Waals surface area contributed by atoms with Crippen LogP contribution in [0.3, 0.4) is 0 Å². The molecule has 2 aromatic carbocycles. The molecule has 0 spiro atoms. The van der Waals surface area contributed by atoms with Crippen LogP contribution >= 0.6 is 0 Å². The number of likely N-dealkylation sites (N-methyl/N-ethyl adjacent to an activating group) is 1. The van der Waals surface area contributed by atoms with Crippen LogP contribution in [-0.4, -0.2) is 64.7 Å². The minimum absolute atomic E-state index is 0.00253. The molecule has 37 heavy (non-hydrogen) atoms. The van der Waals surface area contributed by atoms with Crippen molar-refractivity contribution in [3.8, 4) is 17.7 Å². The van der Waals surface area contributed by atoms with E-state index in [9.17, 15) is 10.1 Å². The first kappa shape index (κ1) is 29.2. The first-order valence-electron chi connectivity index (χ1n) is 12.3. The number of rotatable bonds is 14. The molecule has 0 heterocycles. The summed E-state index contributed by atoms with van der Waals surface area (Å²) in [5, 5.41) is 12.2. The van der Waals surface area contributed by atoms with Gasteiger partial charge >= 0.3 is 0 Å². The van der Waals surface area contributed by atoms with Gasteiger partial charge in [0.05, 0.1) is 19.9 Å². The molecular formula is C28H38N6O3. The van der Waals surface area contributed by atoms with Crippen LogP contribution in [0.25, 0.3) is 6.08 Å². The molecule has 198 valence electrons.